The lowest BCUT2D eigenvalue weighted by Crippen LogP contribution is -2.08. The molecule has 0 fully saturated rings. The Balaban J connectivity index is 2.25. The molecule has 3 rings (SSSR count). The van der Waals surface area contributed by atoms with Crippen LogP contribution in [-0.2, 0) is 15.6 Å². The van der Waals surface area contributed by atoms with Crippen LogP contribution in [0.25, 0.3) is 10.9 Å². The molecule has 3 aromatic rings. The second kappa shape index (κ2) is 5.77. The summed E-state index contributed by atoms with van der Waals surface area (Å²) in [6.07, 6.45) is -0.544. The van der Waals surface area contributed by atoms with Gasteiger partial charge in [0.25, 0.3) is 5.69 Å². The summed E-state index contributed by atoms with van der Waals surface area (Å²) in [5.74, 6) is -0.567. The first kappa shape index (κ1) is 13.8. The van der Waals surface area contributed by atoms with Crippen LogP contribution < -0.4 is 0 Å². The highest BCUT2D eigenvalue weighted by atomic mass is 32.2. The highest BCUT2D eigenvalue weighted by molar-refractivity contribution is 7.90. The van der Waals surface area contributed by atoms with E-state index in [0.717, 1.165) is 0 Å². The van der Waals surface area contributed by atoms with E-state index in [1.165, 1.54) is 12.1 Å². The molecule has 0 bridgehead atoms. The molecule has 1 heterocycles. The number of hydrogen-bond donors (Lipinski definition) is 0. The van der Waals surface area contributed by atoms with Crippen molar-refractivity contribution in [3.8, 4) is 0 Å². The number of para-hydroxylation sites is 1. The van der Waals surface area contributed by atoms with Crippen LogP contribution in [0, 0.1) is 10.1 Å². The summed E-state index contributed by atoms with van der Waals surface area (Å²) in [5, 5.41) is 11.7. The first-order chi connectivity index (χ1) is 11.4. The lowest BCUT2D eigenvalue weighted by atomic mass is 10.1. The number of nitrogens with zero attached hydrogens (tertiary/aromatic N) is 2. The Kier molecular flexibility index (Phi) is 3.47. The van der Waals surface area contributed by atoms with E-state index in [1.807, 2.05) is 0 Å². The Morgan fingerprint density at radius 3 is 2.43 bits per heavy atom. The Morgan fingerprint density at radius 1 is 1.09 bits per heavy atom. The van der Waals surface area contributed by atoms with Crippen molar-refractivity contribution in [2.24, 2.45) is 0 Å². The van der Waals surface area contributed by atoms with Gasteiger partial charge in [-0.1, -0.05) is 36.4 Å². The molecule has 2 aromatic carbocycles. The minimum atomic E-state index is -3.79. The van der Waals surface area contributed by atoms with Crippen molar-refractivity contribution >= 4 is 26.4 Å². The molecule has 0 aliphatic heterocycles. The number of rotatable bonds is 4. The number of hydrogen-bond acceptors (Lipinski definition) is 5. The molecule has 6 nitrogen and oxygen atoms in total. The monoisotopic (exact) mass is 329 g/mol. The molecule has 116 valence electrons. The Bertz CT molecular complexity index is 1040. The van der Waals surface area contributed by atoms with Crippen molar-refractivity contribution in [3.63, 3.8) is 0 Å². The maximum Gasteiger partial charge on any atom is 0.292 e. The van der Waals surface area contributed by atoms with Crippen LogP contribution in [0.3, 0.4) is 0 Å². The van der Waals surface area contributed by atoms with E-state index in [-0.39, 0.29) is 10.5 Å². The zero-order valence-electron chi connectivity index (χ0n) is 12.8. The fraction of sp³-hybridized carbons (Fsp3) is 0.0625. The number of fused-ring (bicyclic) bond motifs is 1. The molecule has 0 saturated heterocycles. The van der Waals surface area contributed by atoms with E-state index in [9.17, 15) is 18.5 Å². The van der Waals surface area contributed by atoms with Gasteiger partial charge in [0.2, 0.25) is 0 Å². The van der Waals surface area contributed by atoms with E-state index >= 15 is 0 Å². The average Bonchev–Trinajstić information content (AvgIpc) is 2.55. The van der Waals surface area contributed by atoms with Gasteiger partial charge in [0.05, 0.1) is 28.0 Å². The normalized spacial score (nSPS) is 12.1. The molecule has 0 amide bonds. The second-order valence-electron chi connectivity index (χ2n) is 4.90. The highest BCUT2D eigenvalue weighted by Gasteiger charge is 2.24. The number of benzene rings is 2. The van der Waals surface area contributed by atoms with E-state index < -0.39 is 32.4 Å². The van der Waals surface area contributed by atoms with Crippen molar-refractivity contribution in [3.05, 3.63) is 76.4 Å². The van der Waals surface area contributed by atoms with Gasteiger partial charge in [-0.25, -0.2) is 13.4 Å². The zero-order chi connectivity index (χ0) is 17.3. The Morgan fingerprint density at radius 2 is 1.74 bits per heavy atom. The maximum atomic E-state index is 12.6. The van der Waals surface area contributed by atoms with E-state index in [2.05, 4.69) is 4.98 Å². The van der Waals surface area contributed by atoms with Gasteiger partial charge in [-0.15, -0.1) is 0 Å². The second-order valence-corrected chi connectivity index (χ2v) is 6.89. The van der Waals surface area contributed by atoms with Crippen molar-refractivity contribution < 1.29 is 14.7 Å². The minimum Gasteiger partial charge on any atom is -0.258 e. The van der Waals surface area contributed by atoms with Crippen LogP contribution in [0.15, 0.2) is 65.7 Å². The van der Waals surface area contributed by atoms with Gasteiger partial charge in [0.15, 0.2) is 9.84 Å². The van der Waals surface area contributed by atoms with Gasteiger partial charge in [0.1, 0.15) is 6.17 Å². The first-order valence-electron chi connectivity index (χ1n) is 7.20. The molecular formula is C16H12N2O4S. The molecule has 23 heavy (non-hydrogen) atoms. The van der Waals surface area contributed by atoms with Crippen LogP contribution >= 0.6 is 0 Å². The molecule has 0 aliphatic rings. The quantitative estimate of drug-likeness (QED) is 0.542. The Hall–Kier alpha value is -2.80. The first-order valence-corrected chi connectivity index (χ1v) is 8.36. The molecule has 0 unspecified atom stereocenters. The number of aromatic nitrogens is 1. The third-order valence-corrected chi connectivity index (χ3v) is 5.08. The molecule has 0 radical (unpaired) electrons. The zero-order valence-corrected chi connectivity index (χ0v) is 12.7. The van der Waals surface area contributed by atoms with Gasteiger partial charge < -0.3 is 0 Å². The molecule has 0 spiro atoms. The molecule has 1 aromatic heterocycles. The van der Waals surface area contributed by atoms with E-state index in [4.69, 9.17) is 1.37 Å². The summed E-state index contributed by atoms with van der Waals surface area (Å²) in [7, 11) is -3.79. The summed E-state index contributed by atoms with van der Waals surface area (Å²) in [4.78, 5) is 14.6. The molecule has 0 saturated carbocycles. The standard InChI is InChI=1S/C16H12N2O4S/c19-18(20)16-10-17-15-9-5-4-8-13(15)14(16)11-23(21,22)12-6-2-1-3-7-12/h1-10H,11H2/i10D. The van der Waals surface area contributed by atoms with E-state index in [1.54, 1.807) is 42.5 Å². The fourth-order valence-electron chi connectivity index (χ4n) is 2.33. The van der Waals surface area contributed by atoms with Crippen molar-refractivity contribution in [2.45, 2.75) is 10.6 Å². The molecule has 0 aliphatic carbocycles. The predicted octanol–water partition coefficient (Wildman–Crippen LogP) is 3.12. The third kappa shape index (κ3) is 2.91. The smallest absolute Gasteiger partial charge is 0.258 e. The number of sulfone groups is 1. The predicted molar refractivity (Wildman–Crippen MR) is 85.7 cm³/mol. The lowest BCUT2D eigenvalue weighted by molar-refractivity contribution is -0.385. The van der Waals surface area contributed by atoms with Gasteiger partial charge in [-0.05, 0) is 18.2 Å². The average molecular weight is 329 g/mol. The molecule has 0 N–H and O–H groups in total. The van der Waals surface area contributed by atoms with E-state index in [0.29, 0.717) is 10.9 Å². The fourth-order valence-corrected chi connectivity index (χ4v) is 3.74. The van der Waals surface area contributed by atoms with Crippen LogP contribution in [-0.4, -0.2) is 18.3 Å². The molecule has 0 atom stereocenters. The summed E-state index contributed by atoms with van der Waals surface area (Å²) in [6, 6.07) is 14.2. The molecular weight excluding hydrogens is 316 g/mol. The summed E-state index contributed by atoms with van der Waals surface area (Å²) < 4.78 is 33.0. The van der Waals surface area contributed by atoms with Gasteiger partial charge >= 0.3 is 0 Å². The van der Waals surface area contributed by atoms with Crippen molar-refractivity contribution in [1.29, 1.82) is 0 Å². The SMILES string of the molecule is [2H]c1nc2ccccc2c(CS(=O)(=O)c2ccccc2)c1[N+](=O)[O-]. The van der Waals surface area contributed by atoms with Gasteiger partial charge in [0, 0.05) is 5.39 Å². The number of pyridine rings is 1. The van der Waals surface area contributed by atoms with Crippen LogP contribution in [0.5, 0.6) is 0 Å². The highest BCUT2D eigenvalue weighted by Crippen LogP contribution is 2.29. The van der Waals surface area contributed by atoms with Crippen LogP contribution in [0.2, 0.25) is 0 Å². The lowest BCUT2D eigenvalue weighted by Gasteiger charge is -2.08. The third-order valence-electron chi connectivity index (χ3n) is 3.42. The summed E-state index contributed by atoms with van der Waals surface area (Å²) in [5.41, 5.74) is -0.237. The molecule has 7 heteroatoms. The topological polar surface area (TPSA) is 90.2 Å². The summed E-state index contributed by atoms with van der Waals surface area (Å²) in [6.45, 7) is 0. The minimum absolute atomic E-state index is 0.0144. The van der Waals surface area contributed by atoms with Crippen LogP contribution in [0.1, 0.15) is 6.93 Å². The largest absolute Gasteiger partial charge is 0.292 e. The van der Waals surface area contributed by atoms with Crippen LogP contribution in [0.4, 0.5) is 5.69 Å². The van der Waals surface area contributed by atoms with Gasteiger partial charge in [-0.3, -0.25) is 10.1 Å². The Labute approximate surface area is 133 Å². The van der Waals surface area contributed by atoms with Gasteiger partial charge in [-0.2, -0.15) is 0 Å². The number of nitro groups is 1. The summed E-state index contributed by atoms with van der Waals surface area (Å²) >= 11 is 0. The van der Waals surface area contributed by atoms with Crippen molar-refractivity contribution in [1.82, 2.24) is 4.98 Å². The maximum absolute atomic E-state index is 12.6. The van der Waals surface area contributed by atoms with Crippen molar-refractivity contribution in [2.75, 3.05) is 0 Å².